The number of hydrogen-bond donors (Lipinski definition) is 3. The van der Waals surface area contributed by atoms with Gasteiger partial charge < -0.3 is 5.73 Å². The van der Waals surface area contributed by atoms with E-state index in [1.807, 2.05) is 103 Å². The molecule has 0 bridgehead atoms. The van der Waals surface area contributed by atoms with Crippen LogP contribution in [0.1, 0.15) is 11.1 Å². The number of nitrogens with two attached hydrogens (primary N) is 1. The van der Waals surface area contributed by atoms with Crippen molar-refractivity contribution >= 4 is 28.3 Å². The minimum Gasteiger partial charge on any atom is -0.399 e. The van der Waals surface area contributed by atoms with Crippen molar-refractivity contribution < 1.29 is 0 Å². The molecule has 1 aliphatic carbocycles. The Hall–Kier alpha value is -6.98. The molecule has 51 heavy (non-hydrogen) atoms. The van der Waals surface area contributed by atoms with Crippen LogP contribution in [0.25, 0.3) is 55.7 Å². The Bertz CT molecular complexity index is 2290. The van der Waals surface area contributed by atoms with E-state index < -0.39 is 0 Å². The van der Waals surface area contributed by atoms with Crippen molar-refractivity contribution in [3.8, 4) is 44.5 Å². The zero-order valence-electron chi connectivity index (χ0n) is 27.9. The molecule has 0 radical (unpaired) electrons. The molecule has 0 aliphatic heterocycles. The van der Waals surface area contributed by atoms with Gasteiger partial charge >= 0.3 is 0 Å². The lowest BCUT2D eigenvalue weighted by atomic mass is 9.87. The minimum atomic E-state index is 0.233. The monoisotopic (exact) mass is 657 g/mol. The molecule has 1 aliphatic rings. The number of anilines is 1. The summed E-state index contributed by atoms with van der Waals surface area (Å²) in [5, 5.41) is 16.8. The highest BCUT2D eigenvalue weighted by molar-refractivity contribution is 6.61. The van der Waals surface area contributed by atoms with E-state index in [1.165, 1.54) is 11.1 Å². The topological polar surface area (TPSA) is 99.5 Å². The summed E-state index contributed by atoms with van der Waals surface area (Å²) in [5.74, 6) is 0. The molecule has 5 aromatic carbocycles. The van der Waals surface area contributed by atoms with Gasteiger partial charge in [-0.05, 0) is 92.6 Å². The fraction of sp³-hybridized carbons (Fsp3) is 0. The third-order valence-electron chi connectivity index (χ3n) is 8.71. The van der Waals surface area contributed by atoms with E-state index in [4.69, 9.17) is 16.6 Å². The van der Waals surface area contributed by atoms with Gasteiger partial charge in [-0.25, -0.2) is 0 Å². The average molecular weight is 658 g/mol. The average Bonchev–Trinajstić information content (AvgIpc) is 3.20. The lowest BCUT2D eigenvalue weighted by Crippen LogP contribution is -2.15. The predicted octanol–water partition coefficient (Wildman–Crippen LogP) is 10.9. The van der Waals surface area contributed by atoms with Gasteiger partial charge in [0.05, 0.1) is 11.4 Å². The van der Waals surface area contributed by atoms with Gasteiger partial charge in [0.15, 0.2) is 0 Å². The first-order valence-corrected chi connectivity index (χ1v) is 16.7. The Balaban J connectivity index is 0.000000182. The molecule has 7 aromatic rings. The number of rotatable bonds is 6. The molecule has 0 saturated heterocycles. The molecule has 4 N–H and O–H groups in total. The van der Waals surface area contributed by atoms with Gasteiger partial charge in [-0.2, -0.15) is 0 Å². The van der Waals surface area contributed by atoms with Crippen molar-refractivity contribution in [2.45, 2.75) is 0 Å². The Labute approximate surface area is 298 Å². The van der Waals surface area contributed by atoms with Crippen LogP contribution in [0, 0.1) is 10.8 Å². The first kappa shape index (κ1) is 32.6. The van der Waals surface area contributed by atoms with Crippen LogP contribution in [0.4, 0.5) is 5.69 Å². The molecule has 8 rings (SSSR count). The van der Waals surface area contributed by atoms with E-state index in [0.717, 1.165) is 61.3 Å². The van der Waals surface area contributed by atoms with Gasteiger partial charge in [0, 0.05) is 47.2 Å². The second-order valence-electron chi connectivity index (χ2n) is 12.2. The number of nitrogen functional groups attached to an aromatic ring is 1. The summed E-state index contributed by atoms with van der Waals surface area (Å²) in [6, 6.07) is 51.1. The van der Waals surface area contributed by atoms with E-state index in [2.05, 4.69) is 76.7 Å². The molecule has 0 amide bonds. The molecular weight excluding hydrogens is 623 g/mol. The molecular formula is C46H35N5. The molecule has 0 fully saturated rings. The fourth-order valence-corrected chi connectivity index (χ4v) is 6.05. The number of allylic oxidation sites excluding steroid dienone is 4. The molecule has 0 unspecified atom stereocenters. The number of nitrogens with zero attached hydrogens (tertiary/aromatic N) is 2. The van der Waals surface area contributed by atoms with Crippen molar-refractivity contribution in [2.24, 2.45) is 0 Å². The maximum atomic E-state index is 8.47. The van der Waals surface area contributed by atoms with E-state index in [9.17, 15) is 0 Å². The molecule has 5 nitrogen and oxygen atoms in total. The molecule has 0 saturated carbocycles. The first-order valence-electron chi connectivity index (χ1n) is 16.7. The molecule has 2 aromatic heterocycles. The Kier molecular flexibility index (Phi) is 9.62. The Morgan fingerprint density at radius 1 is 0.392 bits per heavy atom. The summed E-state index contributed by atoms with van der Waals surface area (Å²) in [5.41, 5.74) is 19.8. The van der Waals surface area contributed by atoms with Gasteiger partial charge in [-0.15, -0.1) is 0 Å². The minimum absolute atomic E-state index is 0.233. The van der Waals surface area contributed by atoms with E-state index in [1.54, 1.807) is 18.5 Å². The van der Waals surface area contributed by atoms with Gasteiger partial charge in [0.25, 0.3) is 0 Å². The second-order valence-corrected chi connectivity index (χ2v) is 12.2. The van der Waals surface area contributed by atoms with Crippen molar-refractivity contribution in [2.75, 3.05) is 5.73 Å². The predicted molar refractivity (Wildman–Crippen MR) is 212 cm³/mol. The highest BCUT2D eigenvalue weighted by Crippen LogP contribution is 2.31. The summed E-state index contributed by atoms with van der Waals surface area (Å²) in [6.45, 7) is 0. The van der Waals surface area contributed by atoms with E-state index in [-0.39, 0.29) is 11.4 Å². The van der Waals surface area contributed by atoms with Crippen molar-refractivity contribution in [1.29, 1.82) is 10.8 Å². The third-order valence-corrected chi connectivity index (χ3v) is 8.71. The van der Waals surface area contributed by atoms with Crippen LogP contribution in [-0.4, -0.2) is 21.4 Å². The Morgan fingerprint density at radius 2 is 0.824 bits per heavy atom. The quantitative estimate of drug-likeness (QED) is 0.123. The first-order chi connectivity index (χ1) is 25.0. The third kappa shape index (κ3) is 7.69. The van der Waals surface area contributed by atoms with Crippen molar-refractivity contribution in [3.05, 3.63) is 200 Å². The lowest BCUT2D eigenvalue weighted by molar-refractivity contribution is 1.32. The van der Waals surface area contributed by atoms with Crippen molar-refractivity contribution in [3.63, 3.8) is 0 Å². The van der Waals surface area contributed by atoms with E-state index >= 15 is 0 Å². The summed E-state index contributed by atoms with van der Waals surface area (Å²) in [6.07, 6.45) is 11.0. The zero-order chi connectivity index (χ0) is 35.0. The second kappa shape index (κ2) is 15.1. The summed E-state index contributed by atoms with van der Waals surface area (Å²) in [4.78, 5) is 8.28. The molecule has 2 heterocycles. The number of nitrogens with one attached hydrogen (secondary N) is 2. The van der Waals surface area contributed by atoms with Crippen LogP contribution in [0.3, 0.4) is 0 Å². The van der Waals surface area contributed by atoms with Crippen LogP contribution < -0.4 is 5.73 Å². The SMILES string of the molecule is N=C1C=C(c2ccc(-c3ccccc3)cc2)C=C(c2ccc(-c3ccccc3)cc2)C1=N.Nc1cc(-c2cccnc2)cc(-c2cccnc2)c1. The van der Waals surface area contributed by atoms with Gasteiger partial charge in [0.1, 0.15) is 0 Å². The van der Waals surface area contributed by atoms with Crippen LogP contribution in [0.2, 0.25) is 0 Å². The highest BCUT2D eigenvalue weighted by atomic mass is 14.6. The molecule has 0 atom stereocenters. The fourth-order valence-electron chi connectivity index (χ4n) is 6.05. The maximum Gasteiger partial charge on any atom is 0.0867 e. The number of aromatic nitrogens is 2. The highest BCUT2D eigenvalue weighted by Gasteiger charge is 2.19. The number of benzene rings is 5. The van der Waals surface area contributed by atoms with Crippen LogP contribution in [0.5, 0.6) is 0 Å². The molecule has 244 valence electrons. The molecule has 0 spiro atoms. The smallest absolute Gasteiger partial charge is 0.0867 e. The Morgan fingerprint density at radius 3 is 1.29 bits per heavy atom. The standard InChI is InChI=1S/C30H22N2.C16H13N3/c31-29-20-27(25-13-11-23(12-14-25)21-7-3-1-4-8-21)19-28(30(29)32)26-17-15-24(16-18-26)22-9-5-2-6-10-22;17-16-8-14(12-3-1-5-18-10-12)7-15(9-16)13-4-2-6-19-11-13/h1-20,31-32H;1-11H,17H2. The molecule has 5 heteroatoms. The van der Waals surface area contributed by atoms with Gasteiger partial charge in [-0.1, -0.05) is 121 Å². The van der Waals surface area contributed by atoms with Crippen LogP contribution >= 0.6 is 0 Å². The van der Waals surface area contributed by atoms with Gasteiger partial charge in [0.2, 0.25) is 0 Å². The lowest BCUT2D eigenvalue weighted by Gasteiger charge is -2.17. The van der Waals surface area contributed by atoms with Crippen molar-refractivity contribution in [1.82, 2.24) is 9.97 Å². The van der Waals surface area contributed by atoms with Crippen LogP contribution in [0.15, 0.2) is 189 Å². The van der Waals surface area contributed by atoms with Gasteiger partial charge in [-0.3, -0.25) is 20.8 Å². The normalized spacial score (nSPS) is 12.3. The number of pyridine rings is 2. The van der Waals surface area contributed by atoms with Crippen LogP contribution in [-0.2, 0) is 0 Å². The zero-order valence-corrected chi connectivity index (χ0v) is 27.9. The maximum absolute atomic E-state index is 8.47. The summed E-state index contributed by atoms with van der Waals surface area (Å²) < 4.78 is 0. The summed E-state index contributed by atoms with van der Waals surface area (Å²) in [7, 11) is 0. The largest absolute Gasteiger partial charge is 0.399 e. The van der Waals surface area contributed by atoms with E-state index in [0.29, 0.717) is 0 Å². The summed E-state index contributed by atoms with van der Waals surface area (Å²) >= 11 is 0. The number of hydrogen-bond acceptors (Lipinski definition) is 5.